The van der Waals surface area contributed by atoms with Gasteiger partial charge in [-0.3, -0.25) is 4.79 Å². The number of nitriles is 1. The van der Waals surface area contributed by atoms with Gasteiger partial charge in [0.2, 0.25) is 0 Å². The van der Waals surface area contributed by atoms with E-state index >= 15 is 0 Å². The largest absolute Gasteiger partial charge is 0.503 e. The summed E-state index contributed by atoms with van der Waals surface area (Å²) >= 11 is 5.85. The number of methoxy groups -OCH3 is 1. The first-order chi connectivity index (χ1) is 12.7. The van der Waals surface area contributed by atoms with Gasteiger partial charge >= 0.3 is 0 Å². The molecule has 0 radical (unpaired) electrons. The summed E-state index contributed by atoms with van der Waals surface area (Å²) in [5, 5.41) is 22.2. The molecule has 0 atom stereocenters. The average Bonchev–Trinajstić information content (AvgIpc) is 2.59. The van der Waals surface area contributed by atoms with Crippen LogP contribution >= 0.6 is 11.6 Å². The molecular formula is C18H15ClN2O5S. The van der Waals surface area contributed by atoms with Gasteiger partial charge < -0.3 is 15.2 Å². The number of aromatic hydroxyl groups is 1. The number of amides is 1. The molecule has 2 aromatic rings. The molecule has 0 bridgehead atoms. The van der Waals surface area contributed by atoms with Crippen LogP contribution in [0.3, 0.4) is 0 Å². The van der Waals surface area contributed by atoms with E-state index in [0.29, 0.717) is 10.7 Å². The summed E-state index contributed by atoms with van der Waals surface area (Å²) in [6, 6.07) is 10.6. The lowest BCUT2D eigenvalue weighted by Crippen LogP contribution is -2.13. The molecule has 0 aliphatic carbocycles. The Morgan fingerprint density at radius 2 is 2.04 bits per heavy atom. The zero-order chi connectivity index (χ0) is 20.2. The molecule has 140 valence electrons. The Balaban J connectivity index is 2.45. The van der Waals surface area contributed by atoms with Crippen LogP contribution in [0.25, 0.3) is 6.08 Å². The van der Waals surface area contributed by atoms with E-state index in [9.17, 15) is 23.6 Å². The van der Waals surface area contributed by atoms with E-state index in [4.69, 9.17) is 16.3 Å². The molecule has 2 aromatic carbocycles. The maximum atomic E-state index is 12.3. The predicted octanol–water partition coefficient (Wildman–Crippen LogP) is 3.00. The SMILES string of the molecule is COc1cc(C=C(C#N)C(=O)Nc2cccc(Cl)c2)cc(S(C)(=O)=O)c1O. The molecule has 0 aliphatic heterocycles. The number of anilines is 1. The maximum Gasteiger partial charge on any atom is 0.266 e. The second kappa shape index (κ2) is 8.12. The Hall–Kier alpha value is -3.02. The van der Waals surface area contributed by atoms with Gasteiger partial charge in [0.1, 0.15) is 16.5 Å². The summed E-state index contributed by atoms with van der Waals surface area (Å²) in [5.41, 5.74) is 0.318. The summed E-state index contributed by atoms with van der Waals surface area (Å²) in [7, 11) is -2.51. The number of carbonyl (C=O) groups is 1. The standard InChI is InChI=1S/C18H15ClN2O5S/c1-26-15-7-11(8-16(17(15)22)27(2,24)25)6-12(10-20)18(23)21-14-5-3-4-13(19)9-14/h3-9,22H,1-2H3,(H,21,23). The van der Waals surface area contributed by atoms with Gasteiger partial charge in [-0.2, -0.15) is 5.26 Å². The van der Waals surface area contributed by atoms with E-state index in [1.54, 1.807) is 24.3 Å². The number of sulfone groups is 1. The smallest absolute Gasteiger partial charge is 0.266 e. The van der Waals surface area contributed by atoms with Crippen molar-refractivity contribution in [2.45, 2.75) is 4.90 Å². The average molecular weight is 407 g/mol. The van der Waals surface area contributed by atoms with Crippen molar-refractivity contribution in [3.8, 4) is 17.6 Å². The minimum Gasteiger partial charge on any atom is -0.503 e. The first kappa shape index (κ1) is 20.3. The van der Waals surface area contributed by atoms with Crippen LogP contribution in [0.4, 0.5) is 5.69 Å². The lowest BCUT2D eigenvalue weighted by Gasteiger charge is -2.10. The van der Waals surface area contributed by atoms with Crippen LogP contribution < -0.4 is 10.1 Å². The molecule has 0 heterocycles. The summed E-state index contributed by atoms with van der Waals surface area (Å²) in [5.74, 6) is -1.34. The number of phenols is 1. The molecule has 0 saturated heterocycles. The zero-order valence-corrected chi connectivity index (χ0v) is 15.9. The fourth-order valence-corrected chi connectivity index (χ4v) is 3.20. The van der Waals surface area contributed by atoms with Gasteiger partial charge in [-0.15, -0.1) is 0 Å². The van der Waals surface area contributed by atoms with Crippen LogP contribution in [-0.2, 0) is 14.6 Å². The Morgan fingerprint density at radius 3 is 2.59 bits per heavy atom. The molecule has 9 heteroatoms. The van der Waals surface area contributed by atoms with Gasteiger partial charge in [0.05, 0.1) is 7.11 Å². The van der Waals surface area contributed by atoms with Crippen LogP contribution in [-0.4, -0.2) is 32.8 Å². The summed E-state index contributed by atoms with van der Waals surface area (Å²) in [4.78, 5) is 11.9. The van der Waals surface area contributed by atoms with E-state index in [2.05, 4.69) is 5.32 Å². The third kappa shape index (κ3) is 5.00. The summed E-state index contributed by atoms with van der Waals surface area (Å²) < 4.78 is 28.7. The normalized spacial score (nSPS) is 11.6. The van der Waals surface area contributed by atoms with Crippen molar-refractivity contribution in [1.82, 2.24) is 0 Å². The number of hydrogen-bond donors (Lipinski definition) is 2. The summed E-state index contributed by atoms with van der Waals surface area (Å²) in [6.45, 7) is 0. The second-order valence-corrected chi connectivity index (χ2v) is 7.90. The van der Waals surface area contributed by atoms with Gasteiger partial charge in [0, 0.05) is 17.0 Å². The van der Waals surface area contributed by atoms with Gasteiger partial charge in [0.25, 0.3) is 5.91 Å². The lowest BCUT2D eigenvalue weighted by molar-refractivity contribution is -0.112. The van der Waals surface area contributed by atoms with Crippen molar-refractivity contribution in [3.05, 3.63) is 52.6 Å². The quantitative estimate of drug-likeness (QED) is 0.582. The number of carbonyl (C=O) groups excluding carboxylic acids is 1. The summed E-state index contributed by atoms with van der Waals surface area (Å²) in [6.07, 6.45) is 2.11. The van der Waals surface area contributed by atoms with Crippen LogP contribution in [0.15, 0.2) is 46.9 Å². The minimum absolute atomic E-state index is 0.100. The third-order valence-corrected chi connectivity index (χ3v) is 4.79. The number of rotatable bonds is 5. The molecule has 2 rings (SSSR count). The van der Waals surface area contributed by atoms with Crippen molar-refractivity contribution in [2.24, 2.45) is 0 Å². The van der Waals surface area contributed by atoms with Crippen LogP contribution in [0.2, 0.25) is 5.02 Å². The fraction of sp³-hybridized carbons (Fsp3) is 0.111. The predicted molar refractivity (Wildman–Crippen MR) is 101 cm³/mol. The molecule has 0 spiro atoms. The van der Waals surface area contributed by atoms with Gasteiger partial charge in [-0.25, -0.2) is 8.42 Å². The van der Waals surface area contributed by atoms with Gasteiger partial charge in [-0.05, 0) is 42.0 Å². The van der Waals surface area contributed by atoms with Crippen molar-refractivity contribution >= 4 is 39.1 Å². The van der Waals surface area contributed by atoms with Crippen LogP contribution in [0, 0.1) is 11.3 Å². The number of ether oxygens (including phenoxy) is 1. The molecule has 27 heavy (non-hydrogen) atoms. The highest BCUT2D eigenvalue weighted by atomic mass is 35.5. The Morgan fingerprint density at radius 1 is 1.33 bits per heavy atom. The minimum atomic E-state index is -3.76. The molecule has 0 fully saturated rings. The highest BCUT2D eigenvalue weighted by Crippen LogP contribution is 2.35. The number of hydrogen-bond acceptors (Lipinski definition) is 6. The van der Waals surface area contributed by atoms with Gasteiger partial charge in [0.15, 0.2) is 21.3 Å². The first-order valence-corrected chi connectivity index (χ1v) is 9.72. The molecule has 0 aromatic heterocycles. The second-order valence-electron chi connectivity index (χ2n) is 5.48. The molecule has 0 unspecified atom stereocenters. The van der Waals surface area contributed by atoms with Crippen molar-refractivity contribution in [3.63, 3.8) is 0 Å². The molecule has 0 aliphatic rings. The molecule has 0 saturated carbocycles. The van der Waals surface area contributed by atoms with E-state index in [1.165, 1.54) is 25.3 Å². The third-order valence-electron chi connectivity index (χ3n) is 3.44. The number of nitrogens with one attached hydrogen (secondary N) is 1. The Kier molecular flexibility index (Phi) is 6.10. The van der Waals surface area contributed by atoms with Crippen LogP contribution in [0.1, 0.15) is 5.56 Å². The van der Waals surface area contributed by atoms with Crippen molar-refractivity contribution < 1.29 is 23.1 Å². The van der Waals surface area contributed by atoms with E-state index in [1.807, 2.05) is 0 Å². The van der Waals surface area contributed by atoms with Crippen molar-refractivity contribution in [2.75, 3.05) is 18.7 Å². The monoisotopic (exact) mass is 406 g/mol. The number of phenolic OH excluding ortho intramolecular Hbond substituents is 1. The number of benzene rings is 2. The van der Waals surface area contributed by atoms with E-state index in [0.717, 1.165) is 12.3 Å². The highest BCUT2D eigenvalue weighted by molar-refractivity contribution is 7.90. The van der Waals surface area contributed by atoms with E-state index < -0.39 is 21.5 Å². The molecule has 2 N–H and O–H groups in total. The number of halogens is 1. The topological polar surface area (TPSA) is 116 Å². The lowest BCUT2D eigenvalue weighted by atomic mass is 10.1. The first-order valence-electron chi connectivity index (χ1n) is 7.45. The maximum absolute atomic E-state index is 12.3. The fourth-order valence-electron chi connectivity index (χ4n) is 2.20. The number of nitrogens with zero attached hydrogens (tertiary/aromatic N) is 1. The zero-order valence-electron chi connectivity index (χ0n) is 14.4. The van der Waals surface area contributed by atoms with Crippen LogP contribution in [0.5, 0.6) is 11.5 Å². The van der Waals surface area contributed by atoms with Crippen molar-refractivity contribution in [1.29, 1.82) is 5.26 Å². The highest BCUT2D eigenvalue weighted by Gasteiger charge is 2.19. The molecule has 7 nitrogen and oxygen atoms in total. The Bertz CT molecular complexity index is 1070. The Labute approximate surface area is 161 Å². The van der Waals surface area contributed by atoms with Gasteiger partial charge in [-0.1, -0.05) is 17.7 Å². The molecular weight excluding hydrogens is 392 g/mol. The molecule has 1 amide bonds. The van der Waals surface area contributed by atoms with E-state index in [-0.39, 0.29) is 21.8 Å².